The Labute approximate surface area is 158 Å². The number of pyridine rings is 1. The van der Waals surface area contributed by atoms with Crippen LogP contribution in [0.2, 0.25) is 0 Å². The monoisotopic (exact) mass is 376 g/mol. The van der Waals surface area contributed by atoms with Gasteiger partial charge in [0.2, 0.25) is 6.79 Å². The molecule has 1 aromatic carbocycles. The molecule has 1 aliphatic rings. The lowest BCUT2D eigenvalue weighted by atomic mass is 9.96. The fraction of sp³-hybridized carbons (Fsp3) is 0.111. The molecule has 3 N–H and O–H groups in total. The van der Waals surface area contributed by atoms with Crippen molar-refractivity contribution in [2.45, 2.75) is 10.8 Å². The molecule has 0 bridgehead atoms. The van der Waals surface area contributed by atoms with Gasteiger partial charge in [0.1, 0.15) is 28.5 Å². The van der Waals surface area contributed by atoms with Gasteiger partial charge in [0, 0.05) is 23.2 Å². The van der Waals surface area contributed by atoms with Gasteiger partial charge in [-0.3, -0.25) is 0 Å². The van der Waals surface area contributed by atoms with Gasteiger partial charge < -0.3 is 20.2 Å². The molecule has 2 aromatic heterocycles. The Kier molecular flexibility index (Phi) is 4.29. The Morgan fingerprint density at radius 2 is 2.00 bits per heavy atom. The van der Waals surface area contributed by atoms with E-state index in [2.05, 4.69) is 27.1 Å². The number of ether oxygens (including phenoxy) is 2. The van der Waals surface area contributed by atoms with Crippen molar-refractivity contribution >= 4 is 17.6 Å². The maximum Gasteiger partial charge on any atom is 0.231 e. The molecular weight excluding hydrogens is 364 g/mol. The van der Waals surface area contributed by atoms with Crippen LogP contribution in [0.25, 0.3) is 11.1 Å². The van der Waals surface area contributed by atoms with E-state index in [-0.39, 0.29) is 18.2 Å². The summed E-state index contributed by atoms with van der Waals surface area (Å²) in [6, 6.07) is 9.49. The topological polar surface area (TPSA) is 134 Å². The van der Waals surface area contributed by atoms with Crippen molar-refractivity contribution in [1.29, 1.82) is 10.5 Å². The molecule has 0 saturated heterocycles. The largest absolute Gasteiger partial charge is 0.454 e. The molecule has 0 saturated carbocycles. The number of aromatic nitrogens is 3. The number of nitrogens with zero attached hydrogens (tertiary/aromatic N) is 4. The molecule has 1 aliphatic heterocycles. The number of fused-ring (bicyclic) bond motifs is 1. The van der Waals surface area contributed by atoms with Gasteiger partial charge in [0.15, 0.2) is 11.5 Å². The Morgan fingerprint density at radius 1 is 1.19 bits per heavy atom. The van der Waals surface area contributed by atoms with E-state index in [1.807, 2.05) is 0 Å². The van der Waals surface area contributed by atoms with Crippen molar-refractivity contribution in [1.82, 2.24) is 15.0 Å². The summed E-state index contributed by atoms with van der Waals surface area (Å²) in [7, 11) is 0. The highest BCUT2D eigenvalue weighted by Crippen LogP contribution is 2.41. The first-order valence-corrected chi connectivity index (χ1v) is 8.83. The number of anilines is 1. The number of nitriles is 2. The zero-order valence-corrected chi connectivity index (χ0v) is 14.7. The number of thioether (sulfide) groups is 1. The normalized spacial score (nSPS) is 11.8. The Hall–Kier alpha value is -3.69. The summed E-state index contributed by atoms with van der Waals surface area (Å²) in [6.07, 6.45) is 3.28. The third-order valence-electron chi connectivity index (χ3n) is 4.00. The van der Waals surface area contributed by atoms with Gasteiger partial charge in [-0.15, -0.1) is 0 Å². The Balaban J connectivity index is 1.84. The average molecular weight is 376 g/mol. The van der Waals surface area contributed by atoms with E-state index in [0.717, 1.165) is 5.69 Å². The molecule has 132 valence electrons. The van der Waals surface area contributed by atoms with E-state index in [1.165, 1.54) is 11.8 Å². The minimum Gasteiger partial charge on any atom is -0.454 e. The SMILES string of the molecule is N#Cc1c(N)nc(SCc2cnc[nH]2)c(C#N)c1-c1ccc2c(c1)OCO2. The molecule has 8 nitrogen and oxygen atoms in total. The van der Waals surface area contributed by atoms with E-state index in [1.54, 1.807) is 30.7 Å². The quantitative estimate of drug-likeness (QED) is 0.664. The van der Waals surface area contributed by atoms with E-state index in [0.29, 0.717) is 39.0 Å². The van der Waals surface area contributed by atoms with Crippen LogP contribution in [0.1, 0.15) is 16.8 Å². The summed E-state index contributed by atoms with van der Waals surface area (Å²) in [4.78, 5) is 11.3. The summed E-state index contributed by atoms with van der Waals surface area (Å²) in [5.74, 6) is 1.79. The standard InChI is InChI=1S/C18H12N6O2S/c19-4-12-16(10-1-2-14-15(3-10)26-9-25-14)13(5-20)18(24-17(12)21)27-7-11-6-22-8-23-11/h1-3,6,8H,7,9H2,(H2,21,24)(H,22,23). The van der Waals surface area contributed by atoms with Crippen molar-refractivity contribution in [2.24, 2.45) is 0 Å². The van der Waals surface area contributed by atoms with Crippen LogP contribution in [0.15, 0.2) is 35.7 Å². The molecule has 0 aliphatic carbocycles. The van der Waals surface area contributed by atoms with E-state index < -0.39 is 0 Å². The molecule has 3 heterocycles. The molecule has 0 amide bonds. The number of H-pyrrole nitrogens is 1. The lowest BCUT2D eigenvalue weighted by Gasteiger charge is -2.13. The number of aromatic amines is 1. The second-order valence-corrected chi connectivity index (χ2v) is 6.55. The van der Waals surface area contributed by atoms with Gasteiger partial charge >= 0.3 is 0 Å². The van der Waals surface area contributed by atoms with E-state index >= 15 is 0 Å². The predicted molar refractivity (Wildman–Crippen MR) is 97.8 cm³/mol. The molecule has 3 aromatic rings. The summed E-state index contributed by atoms with van der Waals surface area (Å²) in [5.41, 5.74) is 8.45. The molecule has 4 rings (SSSR count). The number of nitrogen functional groups attached to an aromatic ring is 1. The Morgan fingerprint density at radius 3 is 2.74 bits per heavy atom. The second kappa shape index (κ2) is 6.90. The van der Waals surface area contributed by atoms with Crippen LogP contribution in [-0.2, 0) is 5.75 Å². The highest BCUT2D eigenvalue weighted by Gasteiger charge is 2.23. The number of hydrogen-bond donors (Lipinski definition) is 2. The fourth-order valence-corrected chi connectivity index (χ4v) is 3.66. The lowest BCUT2D eigenvalue weighted by molar-refractivity contribution is 0.174. The first-order valence-electron chi connectivity index (χ1n) is 7.85. The van der Waals surface area contributed by atoms with Crippen molar-refractivity contribution < 1.29 is 9.47 Å². The fourth-order valence-electron chi connectivity index (χ4n) is 2.75. The van der Waals surface area contributed by atoms with Crippen LogP contribution in [0.4, 0.5) is 5.82 Å². The molecule has 27 heavy (non-hydrogen) atoms. The number of hydrogen-bond acceptors (Lipinski definition) is 8. The molecule has 0 unspecified atom stereocenters. The molecule has 0 fully saturated rings. The predicted octanol–water partition coefficient (Wildman–Crippen LogP) is 2.82. The minimum absolute atomic E-state index is 0.0799. The summed E-state index contributed by atoms with van der Waals surface area (Å²) in [5, 5.41) is 19.8. The zero-order chi connectivity index (χ0) is 18.8. The third kappa shape index (κ3) is 3.01. The van der Waals surface area contributed by atoms with Crippen LogP contribution in [0.3, 0.4) is 0 Å². The first kappa shape index (κ1) is 16.8. The van der Waals surface area contributed by atoms with Crippen LogP contribution in [0, 0.1) is 22.7 Å². The maximum absolute atomic E-state index is 9.79. The smallest absolute Gasteiger partial charge is 0.231 e. The van der Waals surface area contributed by atoms with Crippen molar-refractivity contribution in [3.8, 4) is 34.8 Å². The molecular formula is C18H12N6O2S. The summed E-state index contributed by atoms with van der Waals surface area (Å²) < 4.78 is 10.7. The van der Waals surface area contributed by atoms with Crippen molar-refractivity contribution in [3.63, 3.8) is 0 Å². The number of rotatable bonds is 4. The van der Waals surface area contributed by atoms with Crippen LogP contribution in [-0.4, -0.2) is 21.7 Å². The van der Waals surface area contributed by atoms with Crippen molar-refractivity contribution in [2.75, 3.05) is 12.5 Å². The molecule has 0 spiro atoms. The van der Waals surface area contributed by atoms with Gasteiger partial charge in [0.05, 0.1) is 11.9 Å². The van der Waals surface area contributed by atoms with Gasteiger partial charge in [-0.25, -0.2) is 9.97 Å². The van der Waals surface area contributed by atoms with Gasteiger partial charge in [-0.1, -0.05) is 17.8 Å². The average Bonchev–Trinajstić information content (AvgIpc) is 3.36. The number of nitrogens with one attached hydrogen (secondary N) is 1. The van der Waals surface area contributed by atoms with Crippen molar-refractivity contribution in [3.05, 3.63) is 47.5 Å². The zero-order valence-electron chi connectivity index (χ0n) is 13.9. The highest BCUT2D eigenvalue weighted by atomic mass is 32.2. The molecule has 0 atom stereocenters. The second-order valence-electron chi connectivity index (χ2n) is 5.58. The third-order valence-corrected chi connectivity index (χ3v) is 5.02. The number of nitrogens with two attached hydrogens (primary N) is 1. The van der Waals surface area contributed by atoms with Crippen LogP contribution < -0.4 is 15.2 Å². The van der Waals surface area contributed by atoms with Gasteiger partial charge in [0.25, 0.3) is 0 Å². The highest BCUT2D eigenvalue weighted by molar-refractivity contribution is 7.98. The van der Waals surface area contributed by atoms with Crippen LogP contribution >= 0.6 is 11.8 Å². The van der Waals surface area contributed by atoms with Gasteiger partial charge in [-0.05, 0) is 17.7 Å². The molecule has 9 heteroatoms. The Bertz CT molecular complexity index is 1100. The summed E-state index contributed by atoms with van der Waals surface area (Å²) >= 11 is 1.35. The molecule has 0 radical (unpaired) electrons. The van der Waals surface area contributed by atoms with Crippen LogP contribution in [0.5, 0.6) is 11.5 Å². The number of imidazole rings is 1. The van der Waals surface area contributed by atoms with Gasteiger partial charge in [-0.2, -0.15) is 10.5 Å². The van der Waals surface area contributed by atoms with E-state index in [9.17, 15) is 10.5 Å². The number of benzene rings is 1. The van der Waals surface area contributed by atoms with E-state index in [4.69, 9.17) is 15.2 Å². The minimum atomic E-state index is 0.0799. The summed E-state index contributed by atoms with van der Waals surface area (Å²) in [6.45, 7) is 0.138. The lowest BCUT2D eigenvalue weighted by Crippen LogP contribution is -2.03. The maximum atomic E-state index is 9.79. The first-order chi connectivity index (χ1) is 13.2.